The number of allylic oxidation sites excluding steroid dienone is 1. The van der Waals surface area contributed by atoms with Gasteiger partial charge in [-0.15, -0.1) is 0 Å². The minimum atomic E-state index is -0.338. The van der Waals surface area contributed by atoms with E-state index in [1.165, 1.54) is 12.1 Å². The number of nitrogens with one attached hydrogen (secondary N) is 2. The number of carbonyl (C=O) groups is 2. The van der Waals surface area contributed by atoms with Crippen molar-refractivity contribution in [3.05, 3.63) is 34.5 Å². The number of amides is 2. The number of nitrogens with two attached hydrogens (primary N) is 1. The van der Waals surface area contributed by atoms with E-state index in [1.54, 1.807) is 0 Å². The maximum Gasteiger partial charge on any atom is 0.251 e. The number of hydrogen-bond acceptors (Lipinski definition) is 5. The van der Waals surface area contributed by atoms with Crippen LogP contribution in [0.2, 0.25) is 5.15 Å². The Labute approximate surface area is 162 Å². The molecule has 5 rings (SSSR count). The molecule has 2 aliphatic carbocycles. The highest BCUT2D eigenvalue weighted by Crippen LogP contribution is 2.57. The first-order valence-corrected chi connectivity index (χ1v) is 9.59. The SMILES string of the molecule is Nc1cc(C(=O)NCC23CC(CNC(=O)C4=CCCC4)(CO2)C3)cc(Cl)n1. The van der Waals surface area contributed by atoms with Crippen LogP contribution in [-0.2, 0) is 9.53 Å². The Morgan fingerprint density at radius 2 is 2.00 bits per heavy atom. The van der Waals surface area contributed by atoms with Crippen LogP contribution in [0.4, 0.5) is 5.82 Å². The molecule has 27 heavy (non-hydrogen) atoms. The normalized spacial score (nSPS) is 28.4. The third-order valence-corrected chi connectivity index (χ3v) is 5.88. The zero-order valence-electron chi connectivity index (χ0n) is 15.0. The zero-order chi connectivity index (χ0) is 19.1. The van der Waals surface area contributed by atoms with Crippen molar-refractivity contribution in [1.29, 1.82) is 0 Å². The van der Waals surface area contributed by atoms with E-state index in [4.69, 9.17) is 22.1 Å². The molecule has 1 aromatic heterocycles. The number of anilines is 1. The Kier molecular flexibility index (Phi) is 4.60. The van der Waals surface area contributed by atoms with Crippen molar-refractivity contribution in [2.24, 2.45) is 5.41 Å². The van der Waals surface area contributed by atoms with Gasteiger partial charge in [0.2, 0.25) is 5.91 Å². The molecule has 4 aliphatic rings. The van der Waals surface area contributed by atoms with Gasteiger partial charge in [0.05, 0.1) is 12.2 Å². The molecule has 4 N–H and O–H groups in total. The van der Waals surface area contributed by atoms with Gasteiger partial charge in [-0.05, 0) is 44.2 Å². The summed E-state index contributed by atoms with van der Waals surface area (Å²) in [5, 5.41) is 6.14. The Bertz CT molecular complexity index is 797. The second kappa shape index (κ2) is 6.80. The Hall–Kier alpha value is -2.12. The van der Waals surface area contributed by atoms with Gasteiger partial charge in [0.25, 0.3) is 5.91 Å². The van der Waals surface area contributed by atoms with Crippen molar-refractivity contribution in [2.45, 2.75) is 37.7 Å². The predicted octanol–water partition coefficient (Wildman–Crippen LogP) is 1.82. The fraction of sp³-hybridized carbons (Fsp3) is 0.526. The molecule has 0 aromatic carbocycles. The summed E-state index contributed by atoms with van der Waals surface area (Å²) in [6.45, 7) is 1.65. The molecule has 2 saturated heterocycles. The number of ether oxygens (including phenoxy) is 1. The van der Waals surface area contributed by atoms with Crippen LogP contribution in [0.1, 0.15) is 42.5 Å². The molecule has 2 amide bonds. The third-order valence-electron chi connectivity index (χ3n) is 5.68. The molecule has 1 saturated carbocycles. The van der Waals surface area contributed by atoms with Gasteiger partial charge < -0.3 is 21.1 Å². The van der Waals surface area contributed by atoms with Gasteiger partial charge in [-0.2, -0.15) is 0 Å². The van der Waals surface area contributed by atoms with Gasteiger partial charge in [-0.3, -0.25) is 9.59 Å². The molecule has 3 heterocycles. The number of halogens is 1. The first kappa shape index (κ1) is 18.3. The van der Waals surface area contributed by atoms with Crippen LogP contribution < -0.4 is 16.4 Å². The highest BCUT2D eigenvalue weighted by Gasteiger charge is 2.62. The van der Waals surface area contributed by atoms with Crippen molar-refractivity contribution < 1.29 is 14.3 Å². The number of fused-ring (bicyclic) bond motifs is 1. The van der Waals surface area contributed by atoms with E-state index in [1.807, 2.05) is 6.08 Å². The van der Waals surface area contributed by atoms with Crippen LogP contribution in [0.5, 0.6) is 0 Å². The summed E-state index contributed by atoms with van der Waals surface area (Å²) in [7, 11) is 0. The molecule has 144 valence electrons. The first-order valence-electron chi connectivity index (χ1n) is 9.21. The van der Waals surface area contributed by atoms with Gasteiger partial charge in [0, 0.05) is 29.6 Å². The van der Waals surface area contributed by atoms with Gasteiger partial charge in [0.15, 0.2) is 0 Å². The lowest BCUT2D eigenvalue weighted by Gasteiger charge is -2.44. The van der Waals surface area contributed by atoms with E-state index in [9.17, 15) is 9.59 Å². The van der Waals surface area contributed by atoms with Gasteiger partial charge >= 0.3 is 0 Å². The maximum atomic E-state index is 12.3. The van der Waals surface area contributed by atoms with Crippen LogP contribution in [-0.4, -0.2) is 42.1 Å². The molecular weight excluding hydrogens is 368 g/mol. The molecule has 1 aromatic rings. The molecule has 7 nitrogen and oxygen atoms in total. The van der Waals surface area contributed by atoms with Crippen LogP contribution in [0.3, 0.4) is 0 Å². The number of carbonyl (C=O) groups excluding carboxylic acids is 2. The molecule has 2 bridgehead atoms. The molecule has 0 atom stereocenters. The van der Waals surface area contributed by atoms with Crippen molar-refractivity contribution >= 4 is 29.2 Å². The molecule has 0 radical (unpaired) electrons. The summed E-state index contributed by atoms with van der Waals surface area (Å²) in [4.78, 5) is 28.3. The second-order valence-electron chi connectivity index (χ2n) is 7.92. The van der Waals surface area contributed by atoms with E-state index >= 15 is 0 Å². The lowest BCUT2D eigenvalue weighted by molar-refractivity contribution is -0.118. The van der Waals surface area contributed by atoms with Crippen molar-refractivity contribution in [2.75, 3.05) is 25.4 Å². The molecule has 0 unspecified atom stereocenters. The van der Waals surface area contributed by atoms with E-state index in [0.29, 0.717) is 25.3 Å². The summed E-state index contributed by atoms with van der Waals surface area (Å²) >= 11 is 5.85. The molecular formula is C19H23ClN4O3. The standard InChI is InChI=1S/C19H23ClN4O3/c20-14-5-13(6-15(21)24-14)17(26)23-10-19-7-18(8-19,11-27-19)9-22-16(25)12-3-1-2-4-12/h3,5-6H,1-2,4,7-11H2,(H2,21,24)(H,22,25)(H,23,26). The van der Waals surface area contributed by atoms with Crippen LogP contribution in [0, 0.1) is 5.41 Å². The topological polar surface area (TPSA) is 106 Å². The van der Waals surface area contributed by atoms with Gasteiger partial charge in [-0.25, -0.2) is 4.98 Å². The van der Waals surface area contributed by atoms with Gasteiger partial charge in [0.1, 0.15) is 11.0 Å². The Morgan fingerprint density at radius 3 is 2.70 bits per heavy atom. The van der Waals surface area contributed by atoms with Crippen molar-refractivity contribution in [1.82, 2.24) is 15.6 Å². The Morgan fingerprint density at radius 1 is 1.22 bits per heavy atom. The fourth-order valence-electron chi connectivity index (χ4n) is 4.43. The quantitative estimate of drug-likeness (QED) is 0.642. The minimum Gasteiger partial charge on any atom is -0.384 e. The number of pyridine rings is 1. The first-order chi connectivity index (χ1) is 12.9. The zero-order valence-corrected chi connectivity index (χ0v) is 15.8. The summed E-state index contributed by atoms with van der Waals surface area (Å²) in [5.74, 6) is 0.000269. The molecule has 0 spiro atoms. The highest BCUT2D eigenvalue weighted by molar-refractivity contribution is 6.29. The Balaban J connectivity index is 1.27. The summed E-state index contributed by atoms with van der Waals surface area (Å²) < 4.78 is 5.97. The van der Waals surface area contributed by atoms with Gasteiger partial charge in [-0.1, -0.05) is 17.7 Å². The van der Waals surface area contributed by atoms with E-state index in [-0.39, 0.29) is 33.8 Å². The highest BCUT2D eigenvalue weighted by atomic mass is 35.5. The molecule has 2 aliphatic heterocycles. The maximum absolute atomic E-state index is 12.3. The molecule has 8 heteroatoms. The minimum absolute atomic E-state index is 0.00997. The van der Waals surface area contributed by atoms with E-state index in [2.05, 4.69) is 15.6 Å². The number of rotatable bonds is 6. The van der Waals surface area contributed by atoms with Crippen LogP contribution in [0.25, 0.3) is 0 Å². The lowest BCUT2D eigenvalue weighted by atomic mass is 9.62. The predicted molar refractivity (Wildman–Crippen MR) is 101 cm³/mol. The average Bonchev–Trinajstić information content (AvgIpc) is 3.32. The van der Waals surface area contributed by atoms with Crippen molar-refractivity contribution in [3.63, 3.8) is 0 Å². The second-order valence-corrected chi connectivity index (χ2v) is 8.30. The lowest BCUT2D eigenvalue weighted by Crippen LogP contribution is -2.55. The largest absolute Gasteiger partial charge is 0.384 e. The van der Waals surface area contributed by atoms with E-state index in [0.717, 1.165) is 37.7 Å². The van der Waals surface area contributed by atoms with E-state index < -0.39 is 0 Å². The number of nitrogens with zero attached hydrogens (tertiary/aromatic N) is 1. The number of nitrogen functional groups attached to an aromatic ring is 1. The smallest absolute Gasteiger partial charge is 0.251 e. The summed E-state index contributed by atoms with van der Waals surface area (Å²) in [6, 6.07) is 2.98. The fourth-order valence-corrected chi connectivity index (χ4v) is 4.64. The number of hydrogen-bond donors (Lipinski definition) is 3. The average molecular weight is 391 g/mol. The monoisotopic (exact) mass is 390 g/mol. The van der Waals surface area contributed by atoms with Crippen LogP contribution in [0.15, 0.2) is 23.8 Å². The van der Waals surface area contributed by atoms with Crippen LogP contribution >= 0.6 is 11.6 Å². The van der Waals surface area contributed by atoms with Crippen molar-refractivity contribution in [3.8, 4) is 0 Å². The number of aromatic nitrogens is 1. The molecule has 3 fully saturated rings. The third kappa shape index (κ3) is 3.66. The summed E-state index contributed by atoms with van der Waals surface area (Å²) in [6.07, 6.45) is 6.62. The summed E-state index contributed by atoms with van der Waals surface area (Å²) in [5.41, 5.74) is 6.56.